The van der Waals surface area contributed by atoms with Crippen LogP contribution in [0.15, 0.2) is 61.2 Å². The van der Waals surface area contributed by atoms with E-state index in [1.807, 2.05) is 0 Å². The van der Waals surface area contributed by atoms with Crippen molar-refractivity contribution in [2.24, 2.45) is 0 Å². The van der Waals surface area contributed by atoms with Crippen molar-refractivity contribution < 1.29 is 33.3 Å². The van der Waals surface area contributed by atoms with Crippen LogP contribution in [0, 0.1) is 11.6 Å². The lowest BCUT2D eigenvalue weighted by atomic mass is 9.86. The van der Waals surface area contributed by atoms with Crippen LogP contribution in [0.3, 0.4) is 0 Å². The normalized spacial score (nSPS) is 15.0. The molecule has 226 valence electrons. The third-order valence-corrected chi connectivity index (χ3v) is 6.73. The number of hydrogen-bond donors (Lipinski definition) is 4. The quantitative estimate of drug-likeness (QED) is 0.212. The largest absolute Gasteiger partial charge is 0.480 e. The Kier molecular flexibility index (Phi) is 9.84. The van der Waals surface area contributed by atoms with Crippen molar-refractivity contribution in [1.82, 2.24) is 30.5 Å². The highest BCUT2D eigenvalue weighted by molar-refractivity contribution is 7.80. The molecule has 1 aromatic heterocycles. The maximum atomic E-state index is 15.2. The van der Waals surface area contributed by atoms with E-state index >= 15 is 4.39 Å². The molecule has 0 aliphatic carbocycles. The van der Waals surface area contributed by atoms with Crippen molar-refractivity contribution in [2.45, 2.75) is 70.4 Å². The molecule has 3 rings (SSSR count). The highest BCUT2D eigenvalue weighted by Crippen LogP contribution is 2.33. The Balaban J connectivity index is 2.08. The predicted molar refractivity (Wildman–Crippen MR) is 153 cm³/mol. The zero-order valence-corrected chi connectivity index (χ0v) is 24.7. The minimum Gasteiger partial charge on any atom is -0.480 e. The molecule has 0 radical (unpaired) electrons. The molecule has 0 bridgehead atoms. The first-order chi connectivity index (χ1) is 19.5. The standard InChI is InChI=1S/C28H34F2N6O5S/c1-18(28(40,15-35-17-31-16-32-35)21-12-11-20(29)13-22(21)30)36(34-25(39)41-26(2,3)4)24(42)33-27(5,23(37)38)14-19-9-7-6-8-10-19/h6-13,16-18,40H,14-15H2,1-5H3,(H,33,42)(H,34,39)(H,37,38)/t18-,27?,28-/m1/s1. The van der Waals surface area contributed by atoms with Gasteiger partial charge in [-0.3, -0.25) is 5.01 Å². The van der Waals surface area contributed by atoms with Crippen LogP contribution in [0.5, 0.6) is 0 Å². The maximum absolute atomic E-state index is 15.2. The summed E-state index contributed by atoms with van der Waals surface area (Å²) in [6.45, 7) is 7.31. The lowest BCUT2D eigenvalue weighted by Gasteiger charge is -2.43. The third-order valence-electron chi connectivity index (χ3n) is 6.43. The van der Waals surface area contributed by atoms with Gasteiger partial charge in [0.15, 0.2) is 5.11 Å². The molecular weight excluding hydrogens is 570 g/mol. The van der Waals surface area contributed by atoms with E-state index in [0.717, 1.165) is 17.1 Å². The molecule has 0 aliphatic rings. The zero-order chi connectivity index (χ0) is 31.3. The van der Waals surface area contributed by atoms with E-state index in [-0.39, 0.29) is 17.1 Å². The van der Waals surface area contributed by atoms with Crippen LogP contribution in [0.2, 0.25) is 0 Å². The molecule has 0 spiro atoms. The van der Waals surface area contributed by atoms with Gasteiger partial charge >= 0.3 is 12.1 Å². The van der Waals surface area contributed by atoms with Crippen LogP contribution in [0.4, 0.5) is 13.6 Å². The van der Waals surface area contributed by atoms with Gasteiger partial charge in [-0.15, -0.1) is 0 Å². The van der Waals surface area contributed by atoms with Gasteiger partial charge in [-0.2, -0.15) is 5.10 Å². The number of carboxylic acid groups (broad SMARTS) is 1. The van der Waals surface area contributed by atoms with Gasteiger partial charge in [0, 0.05) is 18.1 Å². The summed E-state index contributed by atoms with van der Waals surface area (Å²) >= 11 is 5.60. The van der Waals surface area contributed by atoms with E-state index in [9.17, 15) is 24.2 Å². The molecule has 0 saturated heterocycles. The molecule has 1 heterocycles. The fourth-order valence-electron chi connectivity index (χ4n) is 4.25. The summed E-state index contributed by atoms with van der Waals surface area (Å²) < 4.78 is 35.7. The Morgan fingerprint density at radius 1 is 1.14 bits per heavy atom. The summed E-state index contributed by atoms with van der Waals surface area (Å²) in [5.74, 6) is -3.19. The van der Waals surface area contributed by atoms with Gasteiger partial charge < -0.3 is 20.3 Å². The number of carbonyl (C=O) groups excluding carboxylic acids is 1. The summed E-state index contributed by atoms with van der Waals surface area (Å²) in [6.07, 6.45) is 1.49. The van der Waals surface area contributed by atoms with Crippen molar-refractivity contribution in [2.75, 3.05) is 0 Å². The lowest BCUT2D eigenvalue weighted by molar-refractivity contribution is -0.143. The number of ether oxygens (including phenoxy) is 1. The number of aliphatic hydroxyl groups is 1. The number of rotatable bonds is 9. The number of nitrogens with zero attached hydrogens (tertiary/aromatic N) is 4. The smallest absolute Gasteiger partial charge is 0.426 e. The number of hydrogen-bond acceptors (Lipinski definition) is 7. The summed E-state index contributed by atoms with van der Waals surface area (Å²) in [6, 6.07) is 10.1. The molecule has 3 atom stereocenters. The average Bonchev–Trinajstić information content (AvgIpc) is 3.38. The molecule has 4 N–H and O–H groups in total. The fraction of sp³-hybridized carbons (Fsp3) is 0.393. The Bertz CT molecular complexity index is 1410. The number of benzene rings is 2. The second kappa shape index (κ2) is 12.8. The van der Waals surface area contributed by atoms with E-state index in [0.29, 0.717) is 11.6 Å². The van der Waals surface area contributed by atoms with Gasteiger partial charge in [-0.05, 0) is 58.5 Å². The first-order valence-corrected chi connectivity index (χ1v) is 13.3. The lowest BCUT2D eigenvalue weighted by Crippen LogP contribution is -2.66. The summed E-state index contributed by atoms with van der Waals surface area (Å²) in [5.41, 5.74) is -2.05. The number of nitrogens with one attached hydrogen (secondary N) is 2. The van der Waals surface area contributed by atoms with Crippen LogP contribution in [-0.2, 0) is 28.1 Å². The highest BCUT2D eigenvalue weighted by atomic mass is 32.1. The minimum absolute atomic E-state index is 0.00616. The summed E-state index contributed by atoms with van der Waals surface area (Å²) in [7, 11) is 0. The first-order valence-electron chi connectivity index (χ1n) is 12.9. The average molecular weight is 605 g/mol. The van der Waals surface area contributed by atoms with E-state index < -0.39 is 53.0 Å². The van der Waals surface area contributed by atoms with E-state index in [1.165, 1.54) is 31.2 Å². The van der Waals surface area contributed by atoms with Crippen LogP contribution in [0.1, 0.15) is 45.7 Å². The number of aliphatic carboxylic acids is 1. The van der Waals surface area contributed by atoms with Gasteiger partial charge in [0.05, 0.1) is 12.6 Å². The SMILES string of the molecule is C[C@@H](N(NC(=O)OC(C)(C)C)C(=S)NC(C)(Cc1ccccc1)C(=O)O)[C@](O)(Cn1cncn1)c1ccc(F)cc1F. The van der Waals surface area contributed by atoms with Gasteiger partial charge in [0.2, 0.25) is 0 Å². The van der Waals surface area contributed by atoms with Crippen LogP contribution in [-0.4, -0.2) is 64.3 Å². The third kappa shape index (κ3) is 7.97. The van der Waals surface area contributed by atoms with Crippen molar-refractivity contribution in [1.29, 1.82) is 0 Å². The molecule has 14 heteroatoms. The second-order valence-electron chi connectivity index (χ2n) is 11.0. The minimum atomic E-state index is -2.24. The van der Waals surface area contributed by atoms with Crippen molar-refractivity contribution >= 4 is 29.4 Å². The molecule has 0 aliphatic heterocycles. The van der Waals surface area contributed by atoms with Gasteiger partial charge in [0.25, 0.3) is 0 Å². The number of aromatic nitrogens is 3. The highest BCUT2D eigenvalue weighted by Gasteiger charge is 2.45. The predicted octanol–water partition coefficient (Wildman–Crippen LogP) is 3.53. The molecule has 0 saturated carbocycles. The molecule has 0 fully saturated rings. The molecule has 11 nitrogen and oxygen atoms in total. The van der Waals surface area contributed by atoms with Crippen molar-refractivity contribution in [3.05, 3.63) is 83.9 Å². The number of carbonyl (C=O) groups is 2. The van der Waals surface area contributed by atoms with Crippen LogP contribution in [0.25, 0.3) is 0 Å². The Morgan fingerprint density at radius 2 is 1.81 bits per heavy atom. The number of halogens is 2. The monoisotopic (exact) mass is 604 g/mol. The van der Waals surface area contributed by atoms with Crippen molar-refractivity contribution in [3.8, 4) is 0 Å². The topological polar surface area (TPSA) is 142 Å². The molecule has 3 aromatic rings. The van der Waals surface area contributed by atoms with Gasteiger partial charge in [0.1, 0.15) is 41.0 Å². The molecule has 1 amide bonds. The number of carboxylic acids is 1. The number of hydrazine groups is 1. The molecular formula is C28H34F2N6O5S. The number of amides is 1. The van der Waals surface area contributed by atoms with Gasteiger partial charge in [-0.1, -0.05) is 36.4 Å². The Morgan fingerprint density at radius 3 is 2.36 bits per heavy atom. The van der Waals surface area contributed by atoms with Crippen LogP contribution < -0.4 is 10.7 Å². The second-order valence-corrected chi connectivity index (χ2v) is 11.4. The van der Waals surface area contributed by atoms with Gasteiger partial charge in [-0.25, -0.2) is 33.5 Å². The van der Waals surface area contributed by atoms with E-state index in [1.54, 1.807) is 51.1 Å². The van der Waals surface area contributed by atoms with E-state index in [2.05, 4.69) is 20.8 Å². The first kappa shape index (κ1) is 32.3. The number of thiocarbonyl (C=S) groups is 1. The van der Waals surface area contributed by atoms with Crippen molar-refractivity contribution in [3.63, 3.8) is 0 Å². The maximum Gasteiger partial charge on any atom is 0.426 e. The molecule has 1 unspecified atom stereocenters. The Labute approximate surface area is 247 Å². The fourth-order valence-corrected chi connectivity index (χ4v) is 4.68. The summed E-state index contributed by atoms with van der Waals surface area (Å²) in [4.78, 5) is 29.3. The Hall–Kier alpha value is -4.17. The van der Waals surface area contributed by atoms with E-state index in [4.69, 9.17) is 17.0 Å². The van der Waals surface area contributed by atoms with Crippen LogP contribution >= 0.6 is 12.2 Å². The molecule has 2 aromatic carbocycles. The zero-order valence-electron chi connectivity index (χ0n) is 23.8. The summed E-state index contributed by atoms with van der Waals surface area (Å²) in [5, 5.41) is 29.7. The molecule has 42 heavy (non-hydrogen) atoms.